The minimum atomic E-state index is -1.03. The van der Waals surface area contributed by atoms with Gasteiger partial charge in [-0.25, -0.2) is 4.98 Å². The first-order valence-electron chi connectivity index (χ1n) is 7.88. The molecule has 3 rings (SSSR count). The van der Waals surface area contributed by atoms with Crippen molar-refractivity contribution in [2.24, 2.45) is 10.2 Å². The van der Waals surface area contributed by atoms with Crippen LogP contribution >= 0.6 is 0 Å². The lowest BCUT2D eigenvalue weighted by atomic mass is 10.0. The van der Waals surface area contributed by atoms with Gasteiger partial charge in [0.2, 0.25) is 0 Å². The lowest BCUT2D eigenvalue weighted by molar-refractivity contribution is -0.136. The fourth-order valence-corrected chi connectivity index (χ4v) is 2.49. The van der Waals surface area contributed by atoms with Crippen LogP contribution in [0.4, 0.5) is 11.5 Å². The molecule has 25 heavy (non-hydrogen) atoms. The fraction of sp³-hybridized carbons (Fsp3) is 0.222. The molecule has 2 heterocycles. The van der Waals surface area contributed by atoms with Crippen LogP contribution in [0.1, 0.15) is 31.0 Å². The van der Waals surface area contributed by atoms with Gasteiger partial charge in [0.25, 0.3) is 0 Å². The summed E-state index contributed by atoms with van der Waals surface area (Å²) in [5, 5.41) is 27.3. The van der Waals surface area contributed by atoms with Crippen LogP contribution in [0, 0.1) is 0 Å². The highest BCUT2D eigenvalue weighted by Crippen LogP contribution is 2.29. The fourth-order valence-electron chi connectivity index (χ4n) is 2.49. The molecule has 0 saturated carbocycles. The number of aromatic nitrogens is 2. The zero-order valence-electron chi connectivity index (χ0n) is 13.9. The van der Waals surface area contributed by atoms with E-state index in [0.717, 1.165) is 0 Å². The first-order valence-corrected chi connectivity index (χ1v) is 7.88. The number of carboxylic acids is 1. The number of hydrogen-bond acceptors (Lipinski definition) is 5. The van der Waals surface area contributed by atoms with Gasteiger partial charge in [0.1, 0.15) is 0 Å². The maximum absolute atomic E-state index is 11.1. The van der Waals surface area contributed by atoms with Gasteiger partial charge in [-0.05, 0) is 35.7 Å². The molecule has 128 valence electrons. The molecule has 0 spiro atoms. The number of nitrogens with zero attached hydrogens (tertiary/aromatic N) is 4. The summed E-state index contributed by atoms with van der Waals surface area (Å²) in [6, 6.07) is 10.8. The van der Waals surface area contributed by atoms with Gasteiger partial charge in [-0.1, -0.05) is 26.0 Å². The summed E-state index contributed by atoms with van der Waals surface area (Å²) in [6.45, 7) is 4.22. The number of fused-ring (bicyclic) bond motifs is 1. The number of benzene rings is 1. The second-order valence-electron chi connectivity index (χ2n) is 5.99. The standard InChI is InChI=1S/C18H18N4O3/c1-11(2)12-5-7-13(8-6-12)20-21-17-14(10-16(24)25)19-18-15(23)4-3-9-22(17)18/h3-9,11,23H,10H2,1-2H3,(H,24,25). The molecule has 0 radical (unpaired) electrons. The van der Waals surface area contributed by atoms with Crippen LogP contribution in [-0.2, 0) is 11.2 Å². The van der Waals surface area contributed by atoms with Gasteiger partial charge in [-0.3, -0.25) is 9.20 Å². The Bertz CT molecular complexity index is 943. The van der Waals surface area contributed by atoms with Crippen molar-refractivity contribution in [2.45, 2.75) is 26.2 Å². The third-order valence-corrected chi connectivity index (χ3v) is 3.81. The van der Waals surface area contributed by atoms with E-state index in [2.05, 4.69) is 29.1 Å². The van der Waals surface area contributed by atoms with Crippen LogP contribution < -0.4 is 0 Å². The summed E-state index contributed by atoms with van der Waals surface area (Å²) in [6.07, 6.45) is 1.35. The highest BCUT2D eigenvalue weighted by molar-refractivity contribution is 5.73. The Morgan fingerprint density at radius 1 is 1.20 bits per heavy atom. The first kappa shape index (κ1) is 16.6. The van der Waals surface area contributed by atoms with E-state index in [1.54, 1.807) is 12.3 Å². The van der Waals surface area contributed by atoms with Crippen molar-refractivity contribution >= 4 is 23.1 Å². The van der Waals surface area contributed by atoms with Crippen LogP contribution in [0.25, 0.3) is 5.65 Å². The van der Waals surface area contributed by atoms with Gasteiger partial charge in [0.15, 0.2) is 17.2 Å². The molecule has 7 heteroatoms. The van der Waals surface area contributed by atoms with Crippen molar-refractivity contribution in [2.75, 3.05) is 0 Å². The van der Waals surface area contributed by atoms with Crippen LogP contribution in [-0.4, -0.2) is 25.6 Å². The monoisotopic (exact) mass is 338 g/mol. The SMILES string of the molecule is CC(C)c1ccc(N=Nc2c(CC(=O)O)nc3c(O)cccn23)cc1. The quantitative estimate of drug-likeness (QED) is 0.681. The number of pyridine rings is 1. The smallest absolute Gasteiger partial charge is 0.309 e. The summed E-state index contributed by atoms with van der Waals surface area (Å²) in [5.74, 6) is -0.353. The lowest BCUT2D eigenvalue weighted by Gasteiger charge is -2.04. The van der Waals surface area contributed by atoms with Gasteiger partial charge in [-0.15, -0.1) is 10.2 Å². The molecular weight excluding hydrogens is 320 g/mol. The third-order valence-electron chi connectivity index (χ3n) is 3.81. The van der Waals surface area contributed by atoms with Crippen molar-refractivity contribution in [1.29, 1.82) is 0 Å². The zero-order chi connectivity index (χ0) is 18.0. The average molecular weight is 338 g/mol. The normalized spacial score (nSPS) is 11.6. The van der Waals surface area contributed by atoms with Crippen LogP contribution in [0.3, 0.4) is 0 Å². The average Bonchev–Trinajstić information content (AvgIpc) is 2.91. The minimum Gasteiger partial charge on any atom is -0.504 e. The minimum absolute atomic E-state index is 0.0446. The Morgan fingerprint density at radius 3 is 2.56 bits per heavy atom. The number of azo groups is 1. The number of aliphatic carboxylic acids is 1. The Hall–Kier alpha value is -3.22. The van der Waals surface area contributed by atoms with Crippen molar-refractivity contribution in [3.05, 3.63) is 53.9 Å². The molecule has 0 bridgehead atoms. The van der Waals surface area contributed by atoms with E-state index in [-0.39, 0.29) is 23.5 Å². The first-order chi connectivity index (χ1) is 12.0. The number of imidazole rings is 1. The number of aromatic hydroxyl groups is 1. The van der Waals surface area contributed by atoms with E-state index < -0.39 is 5.97 Å². The summed E-state index contributed by atoms with van der Waals surface area (Å²) in [4.78, 5) is 15.3. The maximum Gasteiger partial charge on any atom is 0.309 e. The molecular formula is C18H18N4O3. The number of carbonyl (C=O) groups is 1. The third kappa shape index (κ3) is 3.50. The van der Waals surface area contributed by atoms with E-state index >= 15 is 0 Å². The summed E-state index contributed by atoms with van der Waals surface area (Å²) in [7, 11) is 0. The van der Waals surface area contributed by atoms with Gasteiger partial charge in [0.05, 0.1) is 17.8 Å². The lowest BCUT2D eigenvalue weighted by Crippen LogP contribution is -2.00. The Kier molecular flexibility index (Phi) is 4.47. The number of rotatable bonds is 5. The Balaban J connectivity index is 2.01. The second kappa shape index (κ2) is 6.72. The van der Waals surface area contributed by atoms with Crippen molar-refractivity contribution in [3.8, 4) is 5.75 Å². The molecule has 2 aromatic heterocycles. The van der Waals surface area contributed by atoms with Crippen LogP contribution in [0.15, 0.2) is 52.8 Å². The van der Waals surface area contributed by atoms with Gasteiger partial charge >= 0.3 is 5.97 Å². The van der Waals surface area contributed by atoms with E-state index in [9.17, 15) is 9.90 Å². The molecule has 0 atom stereocenters. The van der Waals surface area contributed by atoms with E-state index in [4.69, 9.17) is 5.11 Å². The van der Waals surface area contributed by atoms with Crippen molar-refractivity contribution in [3.63, 3.8) is 0 Å². The highest BCUT2D eigenvalue weighted by Gasteiger charge is 2.16. The zero-order valence-corrected chi connectivity index (χ0v) is 13.9. The summed E-state index contributed by atoms with van der Waals surface area (Å²) < 4.78 is 1.53. The molecule has 3 aromatic rings. The molecule has 7 nitrogen and oxygen atoms in total. The second-order valence-corrected chi connectivity index (χ2v) is 5.99. The predicted octanol–water partition coefficient (Wildman–Crippen LogP) is 4.21. The maximum atomic E-state index is 11.1. The van der Waals surface area contributed by atoms with Crippen LogP contribution in [0.2, 0.25) is 0 Å². The highest BCUT2D eigenvalue weighted by atomic mass is 16.4. The van der Waals surface area contributed by atoms with E-state index in [0.29, 0.717) is 17.4 Å². The summed E-state index contributed by atoms with van der Waals surface area (Å²) in [5.41, 5.74) is 2.35. The van der Waals surface area contributed by atoms with Gasteiger partial charge < -0.3 is 10.2 Å². The molecule has 0 amide bonds. The molecule has 2 N–H and O–H groups in total. The molecule has 0 fully saturated rings. The molecule has 0 aliphatic rings. The largest absolute Gasteiger partial charge is 0.504 e. The summed E-state index contributed by atoms with van der Waals surface area (Å²) >= 11 is 0. The topological polar surface area (TPSA) is 99.5 Å². The van der Waals surface area contributed by atoms with Gasteiger partial charge in [0, 0.05) is 6.20 Å². The molecule has 0 unspecified atom stereocenters. The van der Waals surface area contributed by atoms with Crippen LogP contribution in [0.5, 0.6) is 5.75 Å². The number of hydrogen-bond donors (Lipinski definition) is 2. The Labute approximate surface area is 144 Å². The van der Waals surface area contributed by atoms with E-state index in [1.807, 2.05) is 24.3 Å². The molecule has 1 aromatic carbocycles. The molecule has 0 aliphatic heterocycles. The number of carboxylic acid groups (broad SMARTS) is 1. The van der Waals surface area contributed by atoms with Gasteiger partial charge in [-0.2, -0.15) is 0 Å². The predicted molar refractivity (Wildman–Crippen MR) is 92.9 cm³/mol. The molecule has 0 saturated heterocycles. The van der Waals surface area contributed by atoms with Crippen molar-refractivity contribution < 1.29 is 15.0 Å². The Morgan fingerprint density at radius 2 is 1.92 bits per heavy atom. The van der Waals surface area contributed by atoms with E-state index in [1.165, 1.54) is 16.0 Å². The molecule has 0 aliphatic carbocycles. The van der Waals surface area contributed by atoms with Crippen molar-refractivity contribution in [1.82, 2.24) is 9.38 Å².